The van der Waals surface area contributed by atoms with Gasteiger partial charge in [0.15, 0.2) is 0 Å². The van der Waals surface area contributed by atoms with Gasteiger partial charge >= 0.3 is 0 Å². The highest BCUT2D eigenvalue weighted by atomic mass is 35.5. The average molecular weight is 380 g/mol. The van der Waals surface area contributed by atoms with E-state index in [0.717, 1.165) is 18.0 Å². The van der Waals surface area contributed by atoms with Gasteiger partial charge in [-0.1, -0.05) is 18.2 Å². The molecule has 0 fully saturated rings. The monoisotopic (exact) mass is 379 g/mol. The summed E-state index contributed by atoms with van der Waals surface area (Å²) in [7, 11) is 1.87. The van der Waals surface area contributed by atoms with E-state index in [1.807, 2.05) is 7.05 Å². The second-order valence-electron chi connectivity index (χ2n) is 4.61. The Balaban J connectivity index is 0.00000242. The Labute approximate surface area is 151 Å². The number of aromatic nitrogens is 1. The number of amides is 1. The topological polar surface area (TPSA) is 54.0 Å². The van der Waals surface area contributed by atoms with Crippen molar-refractivity contribution in [2.75, 3.05) is 20.1 Å². The predicted molar refractivity (Wildman–Crippen MR) is 96.7 cm³/mol. The molecule has 0 aliphatic heterocycles. The second kappa shape index (κ2) is 11.3. The van der Waals surface area contributed by atoms with E-state index in [1.165, 1.54) is 17.4 Å². The van der Waals surface area contributed by atoms with Gasteiger partial charge in [0.25, 0.3) is 5.91 Å². The first-order valence-electron chi connectivity index (χ1n) is 6.81. The van der Waals surface area contributed by atoms with Crippen molar-refractivity contribution in [2.24, 2.45) is 0 Å². The number of hydrogen-bond donors (Lipinski definition) is 2. The minimum Gasteiger partial charge on any atom is -0.351 e. The molecule has 2 N–H and O–H groups in total. The number of carbonyl (C=O) groups is 1. The summed E-state index contributed by atoms with van der Waals surface area (Å²) in [6.45, 7) is 1.47. The lowest BCUT2D eigenvalue weighted by Crippen LogP contribution is -2.26. The zero-order valence-electron chi connectivity index (χ0n) is 12.7. The maximum absolute atomic E-state index is 13.6. The highest BCUT2D eigenvalue weighted by molar-refractivity contribution is 7.09. The van der Waals surface area contributed by atoms with Gasteiger partial charge in [-0.15, -0.1) is 36.2 Å². The summed E-state index contributed by atoms with van der Waals surface area (Å²) in [5.41, 5.74) is 0.989. The average Bonchev–Trinajstić information content (AvgIpc) is 2.94. The summed E-state index contributed by atoms with van der Waals surface area (Å²) in [5.74, 6) is -0.423. The van der Waals surface area contributed by atoms with Crippen molar-refractivity contribution in [1.82, 2.24) is 15.6 Å². The third-order valence-corrected chi connectivity index (χ3v) is 3.82. The van der Waals surface area contributed by atoms with Gasteiger partial charge in [0.1, 0.15) is 11.5 Å². The summed E-state index contributed by atoms with van der Waals surface area (Å²) in [5, 5.41) is 8.28. The molecule has 4 nitrogen and oxygen atoms in total. The molecule has 0 saturated heterocycles. The van der Waals surface area contributed by atoms with Crippen molar-refractivity contribution >= 4 is 42.1 Å². The van der Waals surface area contributed by atoms with Crippen LogP contribution in [-0.4, -0.2) is 31.0 Å². The standard InChI is InChI=1S/C15H18FN3OS.2ClH/c1-17-7-4-8-18-15(20)13-10-21-14(19-13)9-11-5-2-3-6-12(11)16;;/h2-3,5-6,10,17H,4,7-9H2,1H3,(H,18,20);2*1H. The van der Waals surface area contributed by atoms with E-state index in [2.05, 4.69) is 15.6 Å². The molecule has 0 radical (unpaired) electrons. The van der Waals surface area contributed by atoms with Gasteiger partial charge in [0, 0.05) is 18.3 Å². The van der Waals surface area contributed by atoms with Gasteiger partial charge in [-0.2, -0.15) is 0 Å². The van der Waals surface area contributed by atoms with E-state index in [1.54, 1.807) is 23.6 Å². The van der Waals surface area contributed by atoms with E-state index in [0.29, 0.717) is 24.2 Å². The van der Waals surface area contributed by atoms with E-state index in [9.17, 15) is 9.18 Å². The molecule has 1 amide bonds. The van der Waals surface area contributed by atoms with E-state index >= 15 is 0 Å². The molecule has 128 valence electrons. The van der Waals surface area contributed by atoms with Crippen LogP contribution in [-0.2, 0) is 6.42 Å². The lowest BCUT2D eigenvalue weighted by molar-refractivity contribution is 0.0949. The molecule has 0 bridgehead atoms. The number of nitrogens with zero attached hydrogens (tertiary/aromatic N) is 1. The quantitative estimate of drug-likeness (QED) is 0.726. The van der Waals surface area contributed by atoms with E-state index < -0.39 is 0 Å². The Morgan fingerprint density at radius 2 is 2.00 bits per heavy atom. The molecule has 2 aromatic rings. The zero-order valence-corrected chi connectivity index (χ0v) is 15.1. The first-order valence-corrected chi connectivity index (χ1v) is 7.69. The summed E-state index contributed by atoms with van der Waals surface area (Å²) < 4.78 is 13.6. The summed E-state index contributed by atoms with van der Waals surface area (Å²) >= 11 is 1.37. The van der Waals surface area contributed by atoms with Crippen LogP contribution in [0.15, 0.2) is 29.6 Å². The van der Waals surface area contributed by atoms with Crippen LogP contribution in [0, 0.1) is 5.82 Å². The third-order valence-electron chi connectivity index (χ3n) is 2.97. The smallest absolute Gasteiger partial charge is 0.270 e. The molecule has 0 aliphatic carbocycles. The third kappa shape index (κ3) is 6.83. The van der Waals surface area contributed by atoms with Crippen molar-refractivity contribution < 1.29 is 9.18 Å². The fraction of sp³-hybridized carbons (Fsp3) is 0.333. The molecule has 0 spiro atoms. The SMILES string of the molecule is CNCCCNC(=O)c1csc(Cc2ccccc2F)n1.Cl.Cl. The molecule has 1 aromatic heterocycles. The van der Waals surface area contributed by atoms with Crippen molar-refractivity contribution in [3.05, 3.63) is 51.7 Å². The molecule has 2 rings (SSSR count). The Hall–Kier alpha value is -1.21. The van der Waals surface area contributed by atoms with Gasteiger partial charge < -0.3 is 10.6 Å². The number of nitrogens with one attached hydrogen (secondary N) is 2. The van der Waals surface area contributed by atoms with Gasteiger partial charge in [-0.25, -0.2) is 9.37 Å². The van der Waals surface area contributed by atoms with Crippen LogP contribution >= 0.6 is 36.2 Å². The fourth-order valence-electron chi connectivity index (χ4n) is 1.86. The Morgan fingerprint density at radius 1 is 1.26 bits per heavy atom. The van der Waals surface area contributed by atoms with Crippen LogP contribution < -0.4 is 10.6 Å². The van der Waals surface area contributed by atoms with Crippen molar-refractivity contribution in [3.63, 3.8) is 0 Å². The van der Waals surface area contributed by atoms with Crippen molar-refractivity contribution in [2.45, 2.75) is 12.8 Å². The van der Waals surface area contributed by atoms with Gasteiger partial charge in [0.05, 0.1) is 5.01 Å². The fourth-order valence-corrected chi connectivity index (χ4v) is 2.66. The first-order chi connectivity index (χ1) is 10.2. The Kier molecular flexibility index (Phi) is 10.7. The van der Waals surface area contributed by atoms with Crippen LogP contribution in [0.5, 0.6) is 0 Å². The normalized spacial score (nSPS) is 9.65. The van der Waals surface area contributed by atoms with E-state index in [-0.39, 0.29) is 36.5 Å². The highest BCUT2D eigenvalue weighted by Gasteiger charge is 2.11. The van der Waals surface area contributed by atoms with Crippen LogP contribution in [0.25, 0.3) is 0 Å². The van der Waals surface area contributed by atoms with Crippen molar-refractivity contribution in [3.8, 4) is 0 Å². The van der Waals surface area contributed by atoms with Crippen LogP contribution in [0.1, 0.15) is 27.5 Å². The zero-order chi connectivity index (χ0) is 15.1. The second-order valence-corrected chi connectivity index (χ2v) is 5.55. The molecule has 0 unspecified atom stereocenters. The summed E-state index contributed by atoms with van der Waals surface area (Å²) in [6, 6.07) is 6.61. The van der Waals surface area contributed by atoms with Crippen LogP contribution in [0.3, 0.4) is 0 Å². The molecule has 23 heavy (non-hydrogen) atoms. The lowest BCUT2D eigenvalue weighted by atomic mass is 10.1. The number of benzene rings is 1. The summed E-state index contributed by atoms with van der Waals surface area (Å²) in [6.07, 6.45) is 1.28. The number of thiazole rings is 1. The molecular weight excluding hydrogens is 360 g/mol. The molecule has 1 aromatic carbocycles. The molecule has 0 atom stereocenters. The maximum Gasteiger partial charge on any atom is 0.270 e. The number of rotatable bonds is 7. The highest BCUT2D eigenvalue weighted by Crippen LogP contribution is 2.16. The predicted octanol–water partition coefficient (Wildman–Crippen LogP) is 3.06. The molecule has 1 heterocycles. The number of hydrogen-bond acceptors (Lipinski definition) is 4. The van der Waals surface area contributed by atoms with Crippen LogP contribution in [0.4, 0.5) is 4.39 Å². The number of halogens is 3. The largest absolute Gasteiger partial charge is 0.351 e. The first kappa shape index (κ1) is 21.8. The molecular formula is C15H20Cl2FN3OS. The Morgan fingerprint density at radius 3 is 2.70 bits per heavy atom. The molecule has 8 heteroatoms. The Bertz CT molecular complexity index is 610. The van der Waals surface area contributed by atoms with Gasteiger partial charge in [-0.05, 0) is 31.6 Å². The molecule has 0 aliphatic rings. The lowest BCUT2D eigenvalue weighted by Gasteiger charge is -2.02. The maximum atomic E-state index is 13.6. The van der Waals surface area contributed by atoms with E-state index in [4.69, 9.17) is 0 Å². The van der Waals surface area contributed by atoms with Gasteiger partial charge in [0.2, 0.25) is 0 Å². The van der Waals surface area contributed by atoms with Crippen LogP contribution in [0.2, 0.25) is 0 Å². The number of carbonyl (C=O) groups excluding carboxylic acids is 1. The minimum atomic E-state index is -0.245. The van der Waals surface area contributed by atoms with Crippen molar-refractivity contribution in [1.29, 1.82) is 0 Å². The summed E-state index contributed by atoms with van der Waals surface area (Å²) in [4.78, 5) is 16.1. The van der Waals surface area contributed by atoms with Gasteiger partial charge in [-0.3, -0.25) is 4.79 Å². The minimum absolute atomic E-state index is 0. The molecule has 0 saturated carbocycles.